The highest BCUT2D eigenvalue weighted by molar-refractivity contribution is 5.79. The van der Waals surface area contributed by atoms with E-state index < -0.39 is 5.54 Å². The Morgan fingerprint density at radius 3 is 2.12 bits per heavy atom. The van der Waals surface area contributed by atoms with Crippen LogP contribution < -0.4 is 0 Å². The smallest absolute Gasteiger partial charge is 0.325 e. The zero-order valence-corrected chi connectivity index (χ0v) is 11.4. The summed E-state index contributed by atoms with van der Waals surface area (Å²) in [6.45, 7) is 8.28. The van der Waals surface area contributed by atoms with Crippen molar-refractivity contribution in [3.05, 3.63) is 0 Å². The molecule has 0 aliphatic rings. The fourth-order valence-corrected chi connectivity index (χ4v) is 1.24. The second-order valence-corrected chi connectivity index (χ2v) is 4.26. The summed E-state index contributed by atoms with van der Waals surface area (Å²) >= 11 is 0. The van der Waals surface area contributed by atoms with Crippen molar-refractivity contribution in [2.75, 3.05) is 26.8 Å². The van der Waals surface area contributed by atoms with Gasteiger partial charge in [-0.05, 0) is 34.7 Å². The lowest BCUT2D eigenvalue weighted by atomic mass is 10.0. The van der Waals surface area contributed by atoms with Crippen molar-refractivity contribution in [2.45, 2.75) is 39.7 Å². The monoisotopic (exact) mass is 245 g/mol. The van der Waals surface area contributed by atoms with Crippen LogP contribution in [0.5, 0.6) is 0 Å². The van der Waals surface area contributed by atoms with E-state index in [9.17, 15) is 9.59 Å². The van der Waals surface area contributed by atoms with E-state index in [-0.39, 0.29) is 18.4 Å². The highest BCUT2D eigenvalue weighted by Gasteiger charge is 2.33. The second kappa shape index (κ2) is 7.27. The van der Waals surface area contributed by atoms with Crippen LogP contribution in [0.25, 0.3) is 0 Å². The molecule has 0 saturated carbocycles. The van der Waals surface area contributed by atoms with Crippen LogP contribution in [-0.2, 0) is 19.1 Å². The molecule has 0 aromatic rings. The maximum atomic E-state index is 11.7. The zero-order valence-electron chi connectivity index (χ0n) is 11.4. The van der Waals surface area contributed by atoms with Gasteiger partial charge in [-0.15, -0.1) is 0 Å². The van der Waals surface area contributed by atoms with Crippen molar-refractivity contribution in [3.8, 4) is 0 Å². The van der Waals surface area contributed by atoms with Gasteiger partial charge in [0.15, 0.2) is 0 Å². The molecule has 5 heteroatoms. The van der Waals surface area contributed by atoms with Crippen molar-refractivity contribution < 1.29 is 19.1 Å². The van der Waals surface area contributed by atoms with Crippen molar-refractivity contribution >= 4 is 11.9 Å². The molecule has 0 rings (SSSR count). The zero-order chi connectivity index (χ0) is 13.5. The molecule has 100 valence electrons. The highest BCUT2D eigenvalue weighted by atomic mass is 16.5. The van der Waals surface area contributed by atoms with Crippen LogP contribution in [-0.4, -0.2) is 49.2 Å². The molecule has 0 aliphatic carbocycles. The molecule has 0 aliphatic heterocycles. The third-order valence-corrected chi connectivity index (χ3v) is 2.69. The second-order valence-electron chi connectivity index (χ2n) is 4.26. The SMILES string of the molecule is CCOC(=O)CCN(C)C(C)(C)C(=O)OCC. The summed E-state index contributed by atoms with van der Waals surface area (Å²) < 4.78 is 9.82. The number of carbonyl (C=O) groups is 2. The maximum Gasteiger partial charge on any atom is 0.325 e. The van der Waals surface area contributed by atoms with Crippen molar-refractivity contribution in [3.63, 3.8) is 0 Å². The number of likely N-dealkylation sites (N-methyl/N-ethyl adjacent to an activating group) is 1. The Kier molecular flexibility index (Phi) is 6.80. The lowest BCUT2D eigenvalue weighted by Gasteiger charge is -2.32. The van der Waals surface area contributed by atoms with Crippen LogP contribution in [0.4, 0.5) is 0 Å². The van der Waals surface area contributed by atoms with E-state index in [4.69, 9.17) is 9.47 Å². The number of rotatable bonds is 7. The summed E-state index contributed by atoms with van der Waals surface area (Å²) in [6.07, 6.45) is 0.271. The van der Waals surface area contributed by atoms with Crippen LogP contribution in [0.1, 0.15) is 34.1 Å². The van der Waals surface area contributed by atoms with Gasteiger partial charge >= 0.3 is 11.9 Å². The van der Waals surface area contributed by atoms with Gasteiger partial charge in [0.05, 0.1) is 19.6 Å². The highest BCUT2D eigenvalue weighted by Crippen LogP contribution is 2.14. The fourth-order valence-electron chi connectivity index (χ4n) is 1.24. The van der Waals surface area contributed by atoms with Gasteiger partial charge in [-0.2, -0.15) is 0 Å². The van der Waals surface area contributed by atoms with Gasteiger partial charge in [0, 0.05) is 6.54 Å². The van der Waals surface area contributed by atoms with E-state index in [0.29, 0.717) is 19.8 Å². The van der Waals surface area contributed by atoms with Crippen LogP contribution in [0.2, 0.25) is 0 Å². The molecular formula is C12H23NO4. The minimum atomic E-state index is -0.734. The molecule has 0 spiro atoms. The molecule has 0 unspecified atom stereocenters. The molecule has 0 bridgehead atoms. The van der Waals surface area contributed by atoms with E-state index in [2.05, 4.69) is 0 Å². The Hall–Kier alpha value is -1.10. The van der Waals surface area contributed by atoms with Crippen LogP contribution >= 0.6 is 0 Å². The molecule has 0 fully saturated rings. The summed E-state index contributed by atoms with van der Waals surface area (Å²) in [7, 11) is 1.79. The molecule has 0 saturated heterocycles. The Labute approximate surface area is 103 Å². The first-order valence-corrected chi connectivity index (χ1v) is 5.90. The first-order chi connectivity index (χ1) is 7.86. The predicted octanol–water partition coefficient (Wildman–Crippen LogP) is 1.21. The molecular weight excluding hydrogens is 222 g/mol. The van der Waals surface area contributed by atoms with E-state index in [1.54, 1.807) is 39.6 Å². The van der Waals surface area contributed by atoms with Crippen LogP contribution in [0.15, 0.2) is 0 Å². The van der Waals surface area contributed by atoms with Gasteiger partial charge in [-0.25, -0.2) is 0 Å². The van der Waals surface area contributed by atoms with Crippen molar-refractivity contribution in [1.29, 1.82) is 0 Å². The average molecular weight is 245 g/mol. The third kappa shape index (κ3) is 5.17. The van der Waals surface area contributed by atoms with E-state index in [0.717, 1.165) is 0 Å². The summed E-state index contributed by atoms with van der Waals surface area (Å²) in [5.41, 5.74) is -0.734. The summed E-state index contributed by atoms with van der Waals surface area (Å²) in [4.78, 5) is 24.7. The quantitative estimate of drug-likeness (QED) is 0.631. The van der Waals surface area contributed by atoms with Gasteiger partial charge in [-0.3, -0.25) is 14.5 Å². The number of ether oxygens (including phenoxy) is 2. The summed E-state index contributed by atoms with van der Waals surface area (Å²) in [5, 5.41) is 0. The fraction of sp³-hybridized carbons (Fsp3) is 0.833. The number of hydrogen-bond acceptors (Lipinski definition) is 5. The van der Waals surface area contributed by atoms with E-state index in [1.807, 2.05) is 0 Å². The normalized spacial score (nSPS) is 11.4. The molecule has 0 amide bonds. The number of nitrogens with zero attached hydrogens (tertiary/aromatic N) is 1. The van der Waals surface area contributed by atoms with Gasteiger partial charge in [0.25, 0.3) is 0 Å². The van der Waals surface area contributed by atoms with Crippen molar-refractivity contribution in [2.24, 2.45) is 0 Å². The Bertz CT molecular complexity index is 263. The van der Waals surface area contributed by atoms with E-state index >= 15 is 0 Å². The Balaban J connectivity index is 4.24. The lowest BCUT2D eigenvalue weighted by molar-refractivity contribution is -0.156. The first kappa shape index (κ1) is 15.9. The standard InChI is InChI=1S/C12H23NO4/c1-6-16-10(14)8-9-13(5)12(3,4)11(15)17-7-2/h6-9H2,1-5H3. The van der Waals surface area contributed by atoms with Crippen LogP contribution in [0.3, 0.4) is 0 Å². The molecule has 0 heterocycles. The van der Waals surface area contributed by atoms with Gasteiger partial charge in [0.1, 0.15) is 5.54 Å². The van der Waals surface area contributed by atoms with Gasteiger partial charge < -0.3 is 9.47 Å². The predicted molar refractivity (Wildman–Crippen MR) is 64.6 cm³/mol. The largest absolute Gasteiger partial charge is 0.466 e. The van der Waals surface area contributed by atoms with E-state index in [1.165, 1.54) is 0 Å². The summed E-state index contributed by atoms with van der Waals surface area (Å²) in [6, 6.07) is 0. The van der Waals surface area contributed by atoms with Crippen molar-refractivity contribution in [1.82, 2.24) is 4.90 Å². The van der Waals surface area contributed by atoms with Gasteiger partial charge in [0.2, 0.25) is 0 Å². The topological polar surface area (TPSA) is 55.8 Å². The molecule has 0 radical (unpaired) electrons. The average Bonchev–Trinajstić information content (AvgIpc) is 2.26. The third-order valence-electron chi connectivity index (χ3n) is 2.69. The molecule has 5 nitrogen and oxygen atoms in total. The molecule has 0 atom stereocenters. The Morgan fingerprint density at radius 1 is 1.12 bits per heavy atom. The molecule has 0 N–H and O–H groups in total. The molecule has 0 aromatic carbocycles. The lowest BCUT2D eigenvalue weighted by Crippen LogP contribution is -2.49. The number of carbonyl (C=O) groups excluding carboxylic acids is 2. The first-order valence-electron chi connectivity index (χ1n) is 5.90. The van der Waals surface area contributed by atoms with Gasteiger partial charge in [-0.1, -0.05) is 0 Å². The summed E-state index contributed by atoms with van der Waals surface area (Å²) in [5.74, 6) is -0.537. The minimum absolute atomic E-state index is 0.251. The number of hydrogen-bond donors (Lipinski definition) is 0. The number of esters is 2. The minimum Gasteiger partial charge on any atom is -0.466 e. The Morgan fingerprint density at radius 2 is 1.65 bits per heavy atom. The maximum absolute atomic E-state index is 11.7. The van der Waals surface area contributed by atoms with Crippen LogP contribution in [0, 0.1) is 0 Å². The molecule has 17 heavy (non-hydrogen) atoms. The molecule has 0 aromatic heterocycles.